The first-order valence-electron chi connectivity index (χ1n) is 4.65. The van der Waals surface area contributed by atoms with Crippen molar-refractivity contribution < 1.29 is 8.42 Å². The van der Waals surface area contributed by atoms with Gasteiger partial charge in [0.15, 0.2) is 0 Å². The van der Waals surface area contributed by atoms with E-state index in [-0.39, 0.29) is 11.8 Å². The first-order valence-corrected chi connectivity index (χ1v) is 6.71. The van der Waals surface area contributed by atoms with Crippen molar-refractivity contribution >= 4 is 9.84 Å². The minimum absolute atomic E-state index is 0.169. The Hall–Kier alpha value is -0.130. The molecule has 5 heteroatoms. The monoisotopic (exact) mass is 206 g/mol. The SMILES string of the molecule is CS(=O)(=O)CCC(CC1CC1)NN. The van der Waals surface area contributed by atoms with Crippen LogP contribution in [0.25, 0.3) is 0 Å². The minimum Gasteiger partial charge on any atom is -0.271 e. The van der Waals surface area contributed by atoms with Gasteiger partial charge in [-0.3, -0.25) is 11.3 Å². The third-order valence-electron chi connectivity index (χ3n) is 2.39. The van der Waals surface area contributed by atoms with E-state index < -0.39 is 9.84 Å². The highest BCUT2D eigenvalue weighted by molar-refractivity contribution is 7.90. The van der Waals surface area contributed by atoms with Gasteiger partial charge in [0.25, 0.3) is 0 Å². The molecule has 1 aliphatic carbocycles. The lowest BCUT2D eigenvalue weighted by Crippen LogP contribution is -2.36. The molecule has 4 nitrogen and oxygen atoms in total. The van der Waals surface area contributed by atoms with Crippen LogP contribution in [-0.4, -0.2) is 26.5 Å². The molecule has 0 spiro atoms. The van der Waals surface area contributed by atoms with Gasteiger partial charge in [0, 0.05) is 12.3 Å². The highest BCUT2D eigenvalue weighted by atomic mass is 32.2. The van der Waals surface area contributed by atoms with E-state index in [0.29, 0.717) is 6.42 Å². The van der Waals surface area contributed by atoms with Crippen molar-refractivity contribution in [3.05, 3.63) is 0 Å². The summed E-state index contributed by atoms with van der Waals surface area (Å²) in [5.74, 6) is 6.34. The average Bonchev–Trinajstić information content (AvgIpc) is 2.79. The standard InChI is InChI=1S/C8H18N2O2S/c1-13(11,12)5-4-8(10-9)6-7-2-3-7/h7-8,10H,2-6,9H2,1H3. The van der Waals surface area contributed by atoms with Crippen LogP contribution in [0.2, 0.25) is 0 Å². The second kappa shape index (κ2) is 4.39. The fourth-order valence-electron chi connectivity index (χ4n) is 1.38. The maximum atomic E-state index is 10.9. The molecule has 0 aromatic heterocycles. The summed E-state index contributed by atoms with van der Waals surface area (Å²) in [5.41, 5.74) is 2.68. The van der Waals surface area contributed by atoms with Crippen molar-refractivity contribution in [3.63, 3.8) is 0 Å². The Morgan fingerprint density at radius 1 is 1.54 bits per heavy atom. The van der Waals surface area contributed by atoms with E-state index in [2.05, 4.69) is 5.43 Å². The van der Waals surface area contributed by atoms with Crippen molar-refractivity contribution in [3.8, 4) is 0 Å². The zero-order valence-electron chi connectivity index (χ0n) is 7.99. The van der Waals surface area contributed by atoms with Gasteiger partial charge in [-0.05, 0) is 18.8 Å². The van der Waals surface area contributed by atoms with Gasteiger partial charge < -0.3 is 0 Å². The Bertz CT molecular complexity index is 247. The van der Waals surface area contributed by atoms with Crippen LogP contribution < -0.4 is 11.3 Å². The molecule has 1 fully saturated rings. The molecular formula is C8H18N2O2S. The fourth-order valence-corrected chi connectivity index (χ4v) is 2.09. The van der Waals surface area contributed by atoms with E-state index >= 15 is 0 Å². The van der Waals surface area contributed by atoms with Crippen LogP contribution in [0.5, 0.6) is 0 Å². The Morgan fingerprint density at radius 2 is 2.15 bits per heavy atom. The number of sulfone groups is 1. The molecule has 0 radical (unpaired) electrons. The van der Waals surface area contributed by atoms with Crippen LogP contribution in [0.15, 0.2) is 0 Å². The second-order valence-electron chi connectivity index (χ2n) is 3.96. The number of rotatable bonds is 6. The summed E-state index contributed by atoms with van der Waals surface area (Å²) < 4.78 is 21.8. The van der Waals surface area contributed by atoms with Gasteiger partial charge in [-0.15, -0.1) is 0 Å². The molecule has 1 atom stereocenters. The molecule has 0 aliphatic heterocycles. The Kier molecular flexibility index (Phi) is 3.70. The lowest BCUT2D eigenvalue weighted by atomic mass is 10.1. The number of nitrogens with one attached hydrogen (secondary N) is 1. The van der Waals surface area contributed by atoms with Crippen molar-refractivity contribution in [2.45, 2.75) is 31.7 Å². The van der Waals surface area contributed by atoms with Crippen LogP contribution in [0, 0.1) is 5.92 Å². The maximum Gasteiger partial charge on any atom is 0.147 e. The van der Waals surface area contributed by atoms with Crippen molar-refractivity contribution in [1.82, 2.24) is 5.43 Å². The highest BCUT2D eigenvalue weighted by Gasteiger charge is 2.25. The molecule has 3 N–H and O–H groups in total. The number of hydrogen-bond donors (Lipinski definition) is 2. The van der Waals surface area contributed by atoms with Crippen LogP contribution in [0.1, 0.15) is 25.7 Å². The van der Waals surface area contributed by atoms with Gasteiger partial charge in [-0.2, -0.15) is 0 Å². The topological polar surface area (TPSA) is 72.2 Å². The molecule has 0 aromatic rings. The summed E-state index contributed by atoms with van der Waals surface area (Å²) in [6.07, 6.45) is 5.46. The summed E-state index contributed by atoms with van der Waals surface area (Å²) in [6, 6.07) is 0.169. The zero-order chi connectivity index (χ0) is 9.90. The first kappa shape index (κ1) is 10.9. The molecule has 0 aromatic carbocycles. The summed E-state index contributed by atoms with van der Waals surface area (Å²) in [4.78, 5) is 0. The summed E-state index contributed by atoms with van der Waals surface area (Å²) in [6.45, 7) is 0. The van der Waals surface area contributed by atoms with Crippen molar-refractivity contribution in [2.24, 2.45) is 11.8 Å². The molecule has 0 amide bonds. The Morgan fingerprint density at radius 3 is 2.54 bits per heavy atom. The van der Waals surface area contributed by atoms with Crippen LogP contribution in [0.3, 0.4) is 0 Å². The molecule has 1 rings (SSSR count). The summed E-state index contributed by atoms with van der Waals surface area (Å²) in [5, 5.41) is 0. The highest BCUT2D eigenvalue weighted by Crippen LogP contribution is 2.33. The van der Waals surface area contributed by atoms with Gasteiger partial charge in [0.2, 0.25) is 0 Å². The van der Waals surface area contributed by atoms with Crippen molar-refractivity contribution in [1.29, 1.82) is 0 Å². The third-order valence-corrected chi connectivity index (χ3v) is 3.36. The molecule has 1 unspecified atom stereocenters. The van der Waals surface area contributed by atoms with Gasteiger partial charge in [0.1, 0.15) is 9.84 Å². The van der Waals surface area contributed by atoms with E-state index in [0.717, 1.165) is 12.3 Å². The molecule has 0 bridgehead atoms. The summed E-state index contributed by atoms with van der Waals surface area (Å²) >= 11 is 0. The van der Waals surface area contributed by atoms with Crippen LogP contribution in [-0.2, 0) is 9.84 Å². The Labute approximate surface area is 79.8 Å². The number of hydrogen-bond acceptors (Lipinski definition) is 4. The summed E-state index contributed by atoms with van der Waals surface area (Å²) in [7, 11) is -2.84. The van der Waals surface area contributed by atoms with E-state index in [4.69, 9.17) is 5.84 Å². The lowest BCUT2D eigenvalue weighted by Gasteiger charge is -2.14. The van der Waals surface area contributed by atoms with Crippen LogP contribution >= 0.6 is 0 Å². The smallest absolute Gasteiger partial charge is 0.147 e. The first-order chi connectivity index (χ1) is 6.01. The normalized spacial score (nSPS) is 20.2. The molecule has 1 saturated carbocycles. The quantitative estimate of drug-likeness (QED) is 0.476. The zero-order valence-corrected chi connectivity index (χ0v) is 8.81. The molecule has 1 aliphatic rings. The fraction of sp³-hybridized carbons (Fsp3) is 1.00. The van der Waals surface area contributed by atoms with E-state index in [9.17, 15) is 8.42 Å². The number of hydrazine groups is 1. The van der Waals surface area contributed by atoms with Gasteiger partial charge in [0.05, 0.1) is 5.75 Å². The van der Waals surface area contributed by atoms with Crippen molar-refractivity contribution in [2.75, 3.05) is 12.0 Å². The molecule has 13 heavy (non-hydrogen) atoms. The molecule has 78 valence electrons. The predicted octanol–water partition coefficient (Wildman–Crippen LogP) is 0.0531. The number of nitrogens with two attached hydrogens (primary N) is 1. The van der Waals surface area contributed by atoms with Gasteiger partial charge >= 0.3 is 0 Å². The van der Waals surface area contributed by atoms with Crippen LogP contribution in [0.4, 0.5) is 0 Å². The predicted molar refractivity (Wildman–Crippen MR) is 52.8 cm³/mol. The third kappa shape index (κ3) is 5.23. The molecule has 0 saturated heterocycles. The van der Waals surface area contributed by atoms with E-state index in [1.165, 1.54) is 19.1 Å². The maximum absolute atomic E-state index is 10.9. The van der Waals surface area contributed by atoms with Gasteiger partial charge in [-0.25, -0.2) is 8.42 Å². The second-order valence-corrected chi connectivity index (χ2v) is 6.22. The Balaban J connectivity index is 2.22. The largest absolute Gasteiger partial charge is 0.271 e. The molecular weight excluding hydrogens is 188 g/mol. The molecule has 0 heterocycles. The van der Waals surface area contributed by atoms with E-state index in [1.807, 2.05) is 0 Å². The van der Waals surface area contributed by atoms with Gasteiger partial charge in [-0.1, -0.05) is 12.8 Å². The minimum atomic E-state index is -2.84. The van der Waals surface area contributed by atoms with E-state index in [1.54, 1.807) is 0 Å². The average molecular weight is 206 g/mol. The lowest BCUT2D eigenvalue weighted by molar-refractivity contribution is 0.455.